The Kier molecular flexibility index (Phi) is 1.20. The van der Waals surface area contributed by atoms with E-state index in [-0.39, 0.29) is 0 Å². The van der Waals surface area contributed by atoms with E-state index in [1.54, 1.807) is 14.0 Å². The van der Waals surface area contributed by atoms with Crippen LogP contribution in [0.2, 0.25) is 0 Å². The van der Waals surface area contributed by atoms with E-state index in [0.717, 1.165) is 0 Å². The van der Waals surface area contributed by atoms with Crippen molar-refractivity contribution in [1.29, 1.82) is 0 Å². The smallest absolute Gasteiger partial charge is 0.191 e. The summed E-state index contributed by atoms with van der Waals surface area (Å²) in [6.45, 7) is 1.77. The van der Waals surface area contributed by atoms with Gasteiger partial charge in [-0.15, -0.1) is 0 Å². The van der Waals surface area contributed by atoms with Gasteiger partial charge in [0, 0.05) is 6.92 Å². The Morgan fingerprint density at radius 3 is 2.75 bits per heavy atom. The summed E-state index contributed by atoms with van der Waals surface area (Å²) in [5.41, 5.74) is 0. The van der Waals surface area contributed by atoms with Crippen molar-refractivity contribution >= 4 is 0 Å². The molecule has 1 aromatic rings. The Hall–Kier alpha value is -0.990. The summed E-state index contributed by atoms with van der Waals surface area (Å²) in [6, 6.07) is 0. The maximum atomic E-state index is 4.77. The largest absolute Gasteiger partial charge is 0.491 e. The fourth-order valence-electron chi connectivity index (χ4n) is 0.442. The summed E-state index contributed by atoms with van der Waals surface area (Å²) in [4.78, 5) is 0. The van der Waals surface area contributed by atoms with Crippen LogP contribution in [0.15, 0.2) is 4.52 Å². The minimum Gasteiger partial charge on any atom is -0.491 e. The molecule has 3 heteroatoms. The van der Waals surface area contributed by atoms with Crippen LogP contribution in [0.5, 0.6) is 5.75 Å². The van der Waals surface area contributed by atoms with Crippen molar-refractivity contribution in [3.63, 3.8) is 0 Å². The first kappa shape index (κ1) is 5.15. The molecule has 0 bridgehead atoms. The molecule has 0 atom stereocenters. The highest BCUT2D eigenvalue weighted by Crippen LogP contribution is 2.12. The molecule has 1 rings (SSSR count). The predicted molar refractivity (Wildman–Crippen MR) is 26.6 cm³/mol. The van der Waals surface area contributed by atoms with Gasteiger partial charge in [0.05, 0.1) is 7.11 Å². The van der Waals surface area contributed by atoms with Crippen LogP contribution < -0.4 is 4.74 Å². The molecule has 0 unspecified atom stereocenters. The molecule has 0 aromatic carbocycles. The zero-order valence-electron chi connectivity index (χ0n) is 4.76. The van der Waals surface area contributed by atoms with Gasteiger partial charge in [0.2, 0.25) is 0 Å². The van der Waals surface area contributed by atoms with Crippen LogP contribution >= 0.6 is 0 Å². The number of methoxy groups -OCH3 is 1. The Balaban J connectivity index is 2.92. The van der Waals surface area contributed by atoms with Crippen molar-refractivity contribution in [3.05, 3.63) is 12.0 Å². The molecule has 1 heterocycles. The van der Waals surface area contributed by atoms with Gasteiger partial charge in [-0.2, -0.15) is 0 Å². The molecule has 0 aliphatic heterocycles. The Bertz CT molecular complexity index is 171. The van der Waals surface area contributed by atoms with Gasteiger partial charge in [0.15, 0.2) is 17.7 Å². The molecule has 43 valence electrons. The van der Waals surface area contributed by atoms with E-state index in [9.17, 15) is 0 Å². The average Bonchev–Trinajstić information content (AvgIpc) is 2.14. The number of aromatic nitrogens is 1. The summed E-state index contributed by atoms with van der Waals surface area (Å²) in [7, 11) is 1.55. The first-order valence-electron chi connectivity index (χ1n) is 2.22. The number of rotatable bonds is 1. The van der Waals surface area contributed by atoms with Crippen LogP contribution in [0, 0.1) is 13.1 Å². The molecule has 1 aromatic heterocycles. The molecular formula is C5H6NO2. The topological polar surface area (TPSA) is 35.3 Å². The lowest BCUT2D eigenvalue weighted by molar-refractivity contribution is 0.371. The lowest BCUT2D eigenvalue weighted by Crippen LogP contribution is -1.79. The minimum atomic E-state index is 0.574. The summed E-state index contributed by atoms with van der Waals surface area (Å²) < 4.78 is 9.40. The van der Waals surface area contributed by atoms with Crippen molar-refractivity contribution in [2.24, 2.45) is 0 Å². The molecular weight excluding hydrogens is 106 g/mol. The quantitative estimate of drug-likeness (QED) is 0.538. The Morgan fingerprint density at radius 2 is 2.50 bits per heavy atom. The molecule has 1 radical (unpaired) electrons. The number of ether oxygens (including phenoxy) is 1. The van der Waals surface area contributed by atoms with Crippen LogP contribution in [0.1, 0.15) is 5.76 Å². The van der Waals surface area contributed by atoms with Crippen LogP contribution in [0.3, 0.4) is 0 Å². The third kappa shape index (κ3) is 0.665. The van der Waals surface area contributed by atoms with E-state index in [0.29, 0.717) is 11.5 Å². The lowest BCUT2D eigenvalue weighted by atomic mass is 10.5. The zero-order chi connectivity index (χ0) is 5.98. The SMILES string of the molecule is COc1[c]noc1C. The summed E-state index contributed by atoms with van der Waals surface area (Å²) in [6.07, 6.45) is 2.52. The average molecular weight is 112 g/mol. The van der Waals surface area contributed by atoms with E-state index in [2.05, 4.69) is 15.9 Å². The number of aryl methyl sites for hydroxylation is 1. The van der Waals surface area contributed by atoms with Gasteiger partial charge < -0.3 is 9.26 Å². The summed E-state index contributed by atoms with van der Waals surface area (Å²) >= 11 is 0. The fraction of sp³-hybridized carbons (Fsp3) is 0.400. The van der Waals surface area contributed by atoms with Crippen LogP contribution in [-0.4, -0.2) is 12.3 Å². The molecule has 0 fully saturated rings. The molecule has 3 nitrogen and oxygen atoms in total. The lowest BCUT2D eigenvalue weighted by Gasteiger charge is -1.88. The van der Waals surface area contributed by atoms with Gasteiger partial charge in [-0.05, 0) is 0 Å². The highest BCUT2D eigenvalue weighted by molar-refractivity contribution is 5.17. The summed E-state index contributed by atoms with van der Waals surface area (Å²) in [5, 5.41) is 3.37. The number of hydrogen-bond donors (Lipinski definition) is 0. The molecule has 0 aliphatic carbocycles. The second-order valence-electron chi connectivity index (χ2n) is 1.38. The number of nitrogens with zero attached hydrogens (tertiary/aromatic N) is 1. The molecule has 0 N–H and O–H groups in total. The summed E-state index contributed by atoms with van der Waals surface area (Å²) in [5.74, 6) is 1.23. The van der Waals surface area contributed by atoms with Crippen molar-refractivity contribution in [2.75, 3.05) is 7.11 Å². The Labute approximate surface area is 47.2 Å². The second-order valence-corrected chi connectivity index (χ2v) is 1.38. The van der Waals surface area contributed by atoms with E-state index in [1.807, 2.05) is 0 Å². The second kappa shape index (κ2) is 1.86. The third-order valence-electron chi connectivity index (χ3n) is 0.854. The van der Waals surface area contributed by atoms with E-state index < -0.39 is 0 Å². The molecule has 0 aliphatic rings. The van der Waals surface area contributed by atoms with Crippen LogP contribution in [0.4, 0.5) is 0 Å². The van der Waals surface area contributed by atoms with Gasteiger partial charge >= 0.3 is 0 Å². The maximum absolute atomic E-state index is 4.77. The van der Waals surface area contributed by atoms with Crippen LogP contribution in [0.25, 0.3) is 0 Å². The normalized spacial score (nSPS) is 9.25. The zero-order valence-corrected chi connectivity index (χ0v) is 4.76. The van der Waals surface area contributed by atoms with Crippen molar-refractivity contribution in [3.8, 4) is 5.75 Å². The van der Waals surface area contributed by atoms with Gasteiger partial charge in [0.1, 0.15) is 0 Å². The van der Waals surface area contributed by atoms with Gasteiger partial charge in [-0.25, -0.2) is 0 Å². The van der Waals surface area contributed by atoms with Crippen molar-refractivity contribution in [1.82, 2.24) is 5.16 Å². The monoisotopic (exact) mass is 112 g/mol. The number of hydrogen-bond acceptors (Lipinski definition) is 3. The van der Waals surface area contributed by atoms with Gasteiger partial charge in [-0.3, -0.25) is 0 Å². The molecule has 0 spiro atoms. The third-order valence-corrected chi connectivity index (χ3v) is 0.854. The molecule has 0 amide bonds. The fourth-order valence-corrected chi connectivity index (χ4v) is 0.442. The highest BCUT2D eigenvalue weighted by atomic mass is 16.5. The molecule has 0 saturated heterocycles. The first-order chi connectivity index (χ1) is 3.84. The molecule has 8 heavy (non-hydrogen) atoms. The van der Waals surface area contributed by atoms with Gasteiger partial charge in [-0.1, -0.05) is 5.16 Å². The van der Waals surface area contributed by atoms with E-state index in [4.69, 9.17) is 4.74 Å². The maximum Gasteiger partial charge on any atom is 0.191 e. The standard InChI is InChI=1S/C5H6NO2/c1-4-5(7-2)3-6-8-4/h1-2H3. The minimum absolute atomic E-state index is 0.574. The van der Waals surface area contributed by atoms with E-state index >= 15 is 0 Å². The van der Waals surface area contributed by atoms with Crippen molar-refractivity contribution in [2.45, 2.75) is 6.92 Å². The van der Waals surface area contributed by atoms with Gasteiger partial charge in [0.25, 0.3) is 0 Å². The Morgan fingerprint density at radius 1 is 1.75 bits per heavy atom. The first-order valence-corrected chi connectivity index (χ1v) is 2.22. The molecule has 0 saturated carbocycles. The van der Waals surface area contributed by atoms with E-state index in [1.165, 1.54) is 0 Å². The predicted octanol–water partition coefficient (Wildman–Crippen LogP) is 0.792. The van der Waals surface area contributed by atoms with Crippen LogP contribution in [-0.2, 0) is 0 Å². The van der Waals surface area contributed by atoms with Crippen molar-refractivity contribution < 1.29 is 9.26 Å². The highest BCUT2D eigenvalue weighted by Gasteiger charge is 1.99.